The van der Waals surface area contributed by atoms with Gasteiger partial charge < -0.3 is 15.2 Å². The topological polar surface area (TPSA) is 96.3 Å². The number of nitrogens with zero attached hydrogens (tertiary/aromatic N) is 5. The van der Waals surface area contributed by atoms with E-state index in [1.54, 1.807) is 19.4 Å². The first kappa shape index (κ1) is 30.3. The number of rotatable bonds is 8. The summed E-state index contributed by atoms with van der Waals surface area (Å²) in [5, 5.41) is 13.6. The zero-order valence-electron chi connectivity index (χ0n) is 23.9. The first-order chi connectivity index (χ1) is 21.2. The number of aromatic nitrogens is 4. The Morgan fingerprint density at radius 3 is 2.61 bits per heavy atom. The van der Waals surface area contributed by atoms with Crippen LogP contribution in [-0.4, -0.2) is 56.2 Å². The molecule has 1 aliphatic rings. The number of likely N-dealkylation sites (tertiary alicyclic amines) is 1. The highest BCUT2D eigenvalue weighted by Gasteiger charge is 2.23. The molecule has 0 saturated carbocycles. The number of β-amino-alcohol motifs (C(OH)–C–C–N with tert-alkyl or cyclic N) is 1. The second kappa shape index (κ2) is 12.7. The van der Waals surface area contributed by atoms with Gasteiger partial charge in [-0.2, -0.15) is 0 Å². The molecular formula is C32H28BrClF2N6O2. The van der Waals surface area contributed by atoms with E-state index in [0.717, 1.165) is 40.8 Å². The first-order valence-electron chi connectivity index (χ1n) is 13.9. The number of anilines is 2. The van der Waals surface area contributed by atoms with E-state index in [9.17, 15) is 13.9 Å². The molecule has 1 unspecified atom stereocenters. The fraction of sp³-hybridized carbons (Fsp3) is 0.250. The number of halogens is 4. The number of hydrogen-bond acceptors (Lipinski definition) is 8. The third-order valence-electron chi connectivity index (χ3n) is 7.64. The summed E-state index contributed by atoms with van der Waals surface area (Å²) in [4.78, 5) is 19.4. The van der Waals surface area contributed by atoms with Gasteiger partial charge in [0.1, 0.15) is 5.52 Å². The number of benzene rings is 2. The first-order valence-corrected chi connectivity index (χ1v) is 15.1. The van der Waals surface area contributed by atoms with Crippen molar-refractivity contribution in [3.8, 4) is 28.3 Å². The van der Waals surface area contributed by atoms with E-state index < -0.39 is 12.2 Å². The fourth-order valence-corrected chi connectivity index (χ4v) is 6.08. The van der Waals surface area contributed by atoms with Crippen LogP contribution in [0.1, 0.15) is 29.8 Å². The van der Waals surface area contributed by atoms with Crippen molar-refractivity contribution < 1.29 is 18.6 Å². The number of fused-ring (bicyclic) bond motifs is 1. The molecule has 1 aliphatic heterocycles. The van der Waals surface area contributed by atoms with Crippen molar-refractivity contribution in [2.24, 2.45) is 0 Å². The standard InChI is InChI=1S/C32H28BrClF2N6O2/c1-17-21(5-4-8-24(17)38-30-28-26(13-19(33)14-37-28)39-31(41-30)29(35)36)22-6-3-7-23(27(22)34)25-10-9-18(32(40-25)44-2)15-42-12-11-20(43)16-42/h3-10,13-14,20,29,43H,11-12,15-16H2,1-2H3,(H,38,39,41). The van der Waals surface area contributed by atoms with Gasteiger partial charge in [0.15, 0.2) is 11.6 Å². The number of pyridine rings is 2. The van der Waals surface area contributed by atoms with E-state index in [4.69, 9.17) is 21.3 Å². The van der Waals surface area contributed by atoms with Gasteiger partial charge in [-0.3, -0.25) is 4.90 Å². The number of methoxy groups -OCH3 is 1. The minimum Gasteiger partial charge on any atom is -0.481 e. The molecule has 3 aromatic heterocycles. The Hall–Kier alpha value is -3.77. The summed E-state index contributed by atoms with van der Waals surface area (Å²) < 4.78 is 33.6. The molecule has 0 bridgehead atoms. The van der Waals surface area contributed by atoms with Crippen LogP contribution in [0.2, 0.25) is 5.02 Å². The normalized spacial score (nSPS) is 15.3. The van der Waals surface area contributed by atoms with Crippen molar-refractivity contribution in [1.82, 2.24) is 24.8 Å². The molecule has 5 aromatic rings. The maximum absolute atomic E-state index is 13.7. The molecule has 0 amide bonds. The van der Waals surface area contributed by atoms with Crippen LogP contribution in [0, 0.1) is 6.92 Å². The van der Waals surface area contributed by atoms with Crippen LogP contribution < -0.4 is 10.1 Å². The van der Waals surface area contributed by atoms with Gasteiger partial charge in [-0.1, -0.05) is 48.0 Å². The van der Waals surface area contributed by atoms with Crippen LogP contribution in [-0.2, 0) is 6.54 Å². The molecule has 4 heterocycles. The van der Waals surface area contributed by atoms with E-state index in [2.05, 4.69) is 41.1 Å². The van der Waals surface area contributed by atoms with E-state index in [1.165, 1.54) is 0 Å². The summed E-state index contributed by atoms with van der Waals surface area (Å²) in [6.45, 7) is 4.00. The molecule has 0 aliphatic carbocycles. The van der Waals surface area contributed by atoms with Crippen LogP contribution in [0.3, 0.4) is 0 Å². The summed E-state index contributed by atoms with van der Waals surface area (Å²) in [7, 11) is 1.59. The molecule has 12 heteroatoms. The highest BCUT2D eigenvalue weighted by atomic mass is 79.9. The van der Waals surface area contributed by atoms with Gasteiger partial charge in [0, 0.05) is 52.7 Å². The minimum atomic E-state index is -2.85. The average molecular weight is 682 g/mol. The Labute approximate surface area is 266 Å². The molecule has 2 N–H and O–H groups in total. The molecule has 1 saturated heterocycles. The average Bonchev–Trinajstić information content (AvgIpc) is 3.42. The molecule has 0 radical (unpaired) electrons. The second-order valence-electron chi connectivity index (χ2n) is 10.6. The molecule has 6 rings (SSSR count). The Balaban J connectivity index is 1.34. The number of ether oxygens (including phenoxy) is 1. The molecule has 226 valence electrons. The Morgan fingerprint density at radius 2 is 1.86 bits per heavy atom. The van der Waals surface area contributed by atoms with E-state index >= 15 is 0 Å². The largest absolute Gasteiger partial charge is 0.481 e. The van der Waals surface area contributed by atoms with Crippen molar-refractivity contribution >= 4 is 50.1 Å². The van der Waals surface area contributed by atoms with Crippen LogP contribution in [0.25, 0.3) is 33.4 Å². The summed E-state index contributed by atoms with van der Waals surface area (Å²) in [6, 6.07) is 16.9. The van der Waals surface area contributed by atoms with Crippen molar-refractivity contribution in [1.29, 1.82) is 0 Å². The highest BCUT2D eigenvalue weighted by molar-refractivity contribution is 9.10. The smallest absolute Gasteiger partial charge is 0.297 e. The SMILES string of the molecule is COc1nc(-c2cccc(-c3cccc(Nc4nc(C(F)F)nc5cc(Br)cnc45)c3C)c2Cl)ccc1CN1CCC(O)C1. The molecule has 0 spiro atoms. The maximum atomic E-state index is 13.7. The van der Waals surface area contributed by atoms with Crippen molar-refractivity contribution in [3.63, 3.8) is 0 Å². The Morgan fingerprint density at radius 1 is 1.09 bits per heavy atom. The number of nitrogens with one attached hydrogen (secondary N) is 1. The monoisotopic (exact) mass is 680 g/mol. The number of hydrogen-bond donors (Lipinski definition) is 2. The Kier molecular flexibility index (Phi) is 8.73. The zero-order valence-corrected chi connectivity index (χ0v) is 26.2. The lowest BCUT2D eigenvalue weighted by molar-refractivity contribution is 0.141. The predicted molar refractivity (Wildman–Crippen MR) is 171 cm³/mol. The lowest BCUT2D eigenvalue weighted by atomic mass is 9.96. The Bertz CT molecular complexity index is 1860. The van der Waals surface area contributed by atoms with Crippen molar-refractivity contribution in [3.05, 3.63) is 87.2 Å². The zero-order chi connectivity index (χ0) is 31.0. The lowest BCUT2D eigenvalue weighted by Crippen LogP contribution is -2.22. The summed E-state index contributed by atoms with van der Waals surface area (Å²) in [6.07, 6.45) is -0.822. The summed E-state index contributed by atoms with van der Waals surface area (Å²) in [5.41, 5.74) is 6.12. The van der Waals surface area contributed by atoms with Gasteiger partial charge in [-0.25, -0.2) is 28.7 Å². The van der Waals surface area contributed by atoms with E-state index in [1.807, 2.05) is 55.5 Å². The maximum Gasteiger partial charge on any atom is 0.297 e. The molecule has 1 fully saturated rings. The highest BCUT2D eigenvalue weighted by Crippen LogP contribution is 2.40. The van der Waals surface area contributed by atoms with Crippen LogP contribution in [0.5, 0.6) is 5.88 Å². The van der Waals surface area contributed by atoms with Crippen LogP contribution >= 0.6 is 27.5 Å². The summed E-state index contributed by atoms with van der Waals surface area (Å²) in [5.74, 6) is 0.0998. The second-order valence-corrected chi connectivity index (χ2v) is 11.9. The number of aliphatic hydroxyl groups is 1. The van der Waals surface area contributed by atoms with Gasteiger partial charge in [-0.15, -0.1) is 0 Å². The van der Waals surface area contributed by atoms with Gasteiger partial charge in [0.05, 0.1) is 29.4 Å². The molecule has 8 nitrogen and oxygen atoms in total. The minimum absolute atomic E-state index is 0.178. The van der Waals surface area contributed by atoms with Gasteiger partial charge in [-0.05, 0) is 58.6 Å². The molecular weight excluding hydrogens is 654 g/mol. The van der Waals surface area contributed by atoms with E-state index in [0.29, 0.717) is 50.9 Å². The lowest BCUT2D eigenvalue weighted by Gasteiger charge is -2.18. The number of aliphatic hydroxyl groups excluding tert-OH is 1. The quantitative estimate of drug-likeness (QED) is 0.172. The van der Waals surface area contributed by atoms with Crippen LogP contribution in [0.4, 0.5) is 20.3 Å². The number of alkyl halides is 2. The van der Waals surface area contributed by atoms with Gasteiger partial charge >= 0.3 is 0 Å². The van der Waals surface area contributed by atoms with Gasteiger partial charge in [0.25, 0.3) is 6.43 Å². The van der Waals surface area contributed by atoms with Crippen LogP contribution in [0.15, 0.2) is 65.3 Å². The third kappa shape index (κ3) is 6.10. The van der Waals surface area contributed by atoms with Gasteiger partial charge in [0.2, 0.25) is 5.88 Å². The molecule has 2 aromatic carbocycles. The molecule has 44 heavy (non-hydrogen) atoms. The molecule has 1 atom stereocenters. The van der Waals surface area contributed by atoms with Crippen molar-refractivity contribution in [2.45, 2.75) is 32.4 Å². The third-order valence-corrected chi connectivity index (χ3v) is 8.48. The fourth-order valence-electron chi connectivity index (χ4n) is 5.44. The predicted octanol–water partition coefficient (Wildman–Crippen LogP) is 7.73. The van der Waals surface area contributed by atoms with Crippen molar-refractivity contribution in [2.75, 3.05) is 25.5 Å². The summed E-state index contributed by atoms with van der Waals surface area (Å²) >= 11 is 10.4. The van der Waals surface area contributed by atoms with E-state index in [-0.39, 0.29) is 11.9 Å².